The molecule has 3 heterocycles. The molecule has 0 bridgehead atoms. The number of aromatic nitrogens is 2. The summed E-state index contributed by atoms with van der Waals surface area (Å²) in [5, 5.41) is 10.1. The van der Waals surface area contributed by atoms with Crippen molar-refractivity contribution in [3.05, 3.63) is 47.4 Å². The fraction of sp³-hybridized carbons (Fsp3) is 0.462. The number of hydrogen-bond acceptors (Lipinski definition) is 6. The first-order valence-electron chi connectivity index (χ1n) is 11.5. The molecule has 0 N–H and O–H groups in total. The highest BCUT2D eigenvalue weighted by Gasteiger charge is 2.34. The van der Waals surface area contributed by atoms with E-state index in [2.05, 4.69) is 29.5 Å². The van der Waals surface area contributed by atoms with Crippen LogP contribution in [0.2, 0.25) is 0 Å². The Labute approximate surface area is 195 Å². The predicted octanol–water partition coefficient (Wildman–Crippen LogP) is 3.92. The molecule has 1 aliphatic heterocycles. The molecule has 0 aromatic carbocycles. The van der Waals surface area contributed by atoms with Gasteiger partial charge in [-0.15, -0.1) is 0 Å². The average Bonchev–Trinajstić information content (AvgIpc) is 3.67. The smallest absolute Gasteiger partial charge is 0.225 e. The van der Waals surface area contributed by atoms with Crippen LogP contribution in [0.15, 0.2) is 24.9 Å². The second-order valence-electron chi connectivity index (χ2n) is 8.88. The van der Waals surface area contributed by atoms with Gasteiger partial charge in [0.05, 0.1) is 30.0 Å². The Morgan fingerprint density at radius 2 is 2.18 bits per heavy atom. The van der Waals surface area contributed by atoms with E-state index >= 15 is 0 Å². The molecular weight excluding hydrogens is 414 g/mol. The van der Waals surface area contributed by atoms with Crippen molar-refractivity contribution in [2.24, 2.45) is 0 Å². The van der Waals surface area contributed by atoms with Crippen molar-refractivity contribution in [2.45, 2.75) is 45.1 Å². The standard InChI is InChI=1S/C26H31N5O2/c1-5-21-14-20(8-10-28-21)24-18(3)22(15-27)26(29-25(24)19-6-7-19)30-11-12-31(17(2)16-30)23(32)9-13-33-4/h5,8,10,14,17,19H,1,6-7,9,11-13,16H2,2-4H3. The molecule has 2 aromatic heterocycles. The molecule has 4 rings (SSSR count). The minimum atomic E-state index is 0.0381. The van der Waals surface area contributed by atoms with Crippen molar-refractivity contribution >= 4 is 17.8 Å². The molecule has 2 aliphatic rings. The van der Waals surface area contributed by atoms with Crippen molar-refractivity contribution in [2.75, 3.05) is 38.3 Å². The molecular formula is C26H31N5O2. The molecule has 2 aromatic rings. The van der Waals surface area contributed by atoms with Gasteiger partial charge in [-0.25, -0.2) is 4.98 Å². The topological polar surface area (TPSA) is 82.4 Å². The molecule has 0 radical (unpaired) electrons. The van der Waals surface area contributed by atoms with Crippen molar-refractivity contribution in [1.82, 2.24) is 14.9 Å². The number of hydrogen-bond donors (Lipinski definition) is 0. The Hall–Kier alpha value is -3.24. The first kappa shape index (κ1) is 22.9. The van der Waals surface area contributed by atoms with E-state index < -0.39 is 0 Å². The summed E-state index contributed by atoms with van der Waals surface area (Å²) in [5.41, 5.74) is 5.50. The maximum atomic E-state index is 12.5. The third kappa shape index (κ3) is 4.62. The highest BCUT2D eigenvalue weighted by atomic mass is 16.5. The van der Waals surface area contributed by atoms with Crippen LogP contribution in [0, 0.1) is 18.3 Å². The van der Waals surface area contributed by atoms with Crippen molar-refractivity contribution in [3.8, 4) is 17.2 Å². The normalized spacial score (nSPS) is 18.2. The molecule has 1 unspecified atom stereocenters. The van der Waals surface area contributed by atoms with E-state index in [9.17, 15) is 10.1 Å². The second-order valence-corrected chi connectivity index (χ2v) is 8.88. The van der Waals surface area contributed by atoms with Crippen LogP contribution < -0.4 is 4.90 Å². The number of rotatable bonds is 7. The quantitative estimate of drug-likeness (QED) is 0.643. The number of piperazine rings is 1. The van der Waals surface area contributed by atoms with E-state index in [1.54, 1.807) is 19.4 Å². The Bertz CT molecular complexity index is 1100. The third-order valence-electron chi connectivity index (χ3n) is 6.58. The molecule has 1 amide bonds. The summed E-state index contributed by atoms with van der Waals surface area (Å²) in [6.45, 7) is 10.3. The Morgan fingerprint density at radius 3 is 2.82 bits per heavy atom. The van der Waals surface area contributed by atoms with E-state index in [1.807, 2.05) is 24.0 Å². The molecule has 2 fully saturated rings. The largest absolute Gasteiger partial charge is 0.384 e. The molecule has 7 heteroatoms. The van der Waals surface area contributed by atoms with Gasteiger partial charge in [-0.3, -0.25) is 9.78 Å². The lowest BCUT2D eigenvalue weighted by molar-refractivity contribution is -0.134. The number of pyridine rings is 2. The van der Waals surface area contributed by atoms with Crippen molar-refractivity contribution < 1.29 is 9.53 Å². The molecule has 7 nitrogen and oxygen atoms in total. The van der Waals surface area contributed by atoms with Gasteiger partial charge in [0, 0.05) is 50.5 Å². The number of nitrogens with zero attached hydrogens (tertiary/aromatic N) is 5. The van der Waals surface area contributed by atoms with Crippen molar-refractivity contribution in [3.63, 3.8) is 0 Å². The predicted molar refractivity (Wildman–Crippen MR) is 129 cm³/mol. The zero-order valence-corrected chi connectivity index (χ0v) is 19.7. The fourth-order valence-electron chi connectivity index (χ4n) is 4.66. The molecule has 1 saturated carbocycles. The molecule has 1 aliphatic carbocycles. The zero-order chi connectivity index (χ0) is 23.5. The lowest BCUT2D eigenvalue weighted by atomic mass is 9.93. The molecule has 1 saturated heterocycles. The van der Waals surface area contributed by atoms with Gasteiger partial charge >= 0.3 is 0 Å². The average molecular weight is 446 g/mol. The van der Waals surface area contributed by atoms with Gasteiger partial charge in [0.2, 0.25) is 5.91 Å². The van der Waals surface area contributed by atoms with Crippen LogP contribution in [0.1, 0.15) is 54.6 Å². The van der Waals surface area contributed by atoms with Crippen LogP contribution in [0.3, 0.4) is 0 Å². The van der Waals surface area contributed by atoms with Crippen LogP contribution in [-0.4, -0.2) is 60.2 Å². The fourth-order valence-corrected chi connectivity index (χ4v) is 4.66. The number of anilines is 1. The van der Waals surface area contributed by atoms with E-state index in [0.29, 0.717) is 44.1 Å². The number of methoxy groups -OCH3 is 1. The Balaban J connectivity index is 1.70. The number of carbonyl (C=O) groups is 1. The van der Waals surface area contributed by atoms with Crippen LogP contribution >= 0.6 is 0 Å². The zero-order valence-electron chi connectivity index (χ0n) is 19.7. The van der Waals surface area contributed by atoms with Gasteiger partial charge < -0.3 is 14.5 Å². The van der Waals surface area contributed by atoms with E-state index in [1.165, 1.54) is 0 Å². The Morgan fingerprint density at radius 1 is 1.39 bits per heavy atom. The molecule has 1 atom stereocenters. The summed E-state index contributed by atoms with van der Waals surface area (Å²) in [5.74, 6) is 1.27. The monoisotopic (exact) mass is 445 g/mol. The summed E-state index contributed by atoms with van der Waals surface area (Å²) in [7, 11) is 1.61. The summed E-state index contributed by atoms with van der Waals surface area (Å²) in [6.07, 6.45) is 6.13. The van der Waals surface area contributed by atoms with Crippen LogP contribution in [0.5, 0.6) is 0 Å². The van der Waals surface area contributed by atoms with Crippen molar-refractivity contribution in [1.29, 1.82) is 5.26 Å². The van der Waals surface area contributed by atoms with Gasteiger partial charge in [-0.1, -0.05) is 6.58 Å². The Kier molecular flexibility index (Phi) is 6.75. The second kappa shape index (κ2) is 9.72. The molecule has 172 valence electrons. The van der Waals surface area contributed by atoms with E-state index in [4.69, 9.17) is 9.72 Å². The van der Waals surface area contributed by atoms with Crippen LogP contribution in [-0.2, 0) is 9.53 Å². The summed E-state index contributed by atoms with van der Waals surface area (Å²) in [6, 6.07) is 6.46. The molecule has 0 spiro atoms. The maximum absolute atomic E-state index is 12.5. The minimum absolute atomic E-state index is 0.0381. The first-order valence-corrected chi connectivity index (χ1v) is 11.5. The van der Waals surface area contributed by atoms with Crippen LogP contribution in [0.4, 0.5) is 5.82 Å². The maximum Gasteiger partial charge on any atom is 0.225 e. The number of amides is 1. The summed E-state index contributed by atoms with van der Waals surface area (Å²) < 4.78 is 5.06. The lowest BCUT2D eigenvalue weighted by Crippen LogP contribution is -2.54. The number of nitriles is 1. The molecule has 33 heavy (non-hydrogen) atoms. The first-order chi connectivity index (χ1) is 16.0. The van der Waals surface area contributed by atoms with Crippen LogP contribution in [0.25, 0.3) is 17.2 Å². The van der Waals surface area contributed by atoms with E-state index in [-0.39, 0.29) is 11.9 Å². The third-order valence-corrected chi connectivity index (χ3v) is 6.58. The van der Waals surface area contributed by atoms with E-state index in [0.717, 1.165) is 46.7 Å². The highest BCUT2D eigenvalue weighted by Crippen LogP contribution is 2.46. The van der Waals surface area contributed by atoms with Gasteiger partial charge in [-0.2, -0.15) is 5.26 Å². The summed E-state index contributed by atoms with van der Waals surface area (Å²) >= 11 is 0. The highest BCUT2D eigenvalue weighted by molar-refractivity contribution is 5.79. The summed E-state index contributed by atoms with van der Waals surface area (Å²) in [4.78, 5) is 26.1. The number of carbonyl (C=O) groups excluding carboxylic acids is 1. The lowest BCUT2D eigenvalue weighted by Gasteiger charge is -2.41. The van der Waals surface area contributed by atoms with Gasteiger partial charge in [0.1, 0.15) is 11.9 Å². The van der Waals surface area contributed by atoms with Gasteiger partial charge in [-0.05, 0) is 56.0 Å². The van der Waals surface area contributed by atoms with Gasteiger partial charge in [0.25, 0.3) is 0 Å². The van der Waals surface area contributed by atoms with Gasteiger partial charge in [0.15, 0.2) is 0 Å². The minimum Gasteiger partial charge on any atom is -0.384 e. The number of ether oxygens (including phenoxy) is 1. The SMILES string of the molecule is C=Cc1cc(-c2c(C3CC3)nc(N3CCN(C(=O)CCOC)C(C)C3)c(C#N)c2C)ccn1.